The highest BCUT2D eigenvalue weighted by Crippen LogP contribution is 2.31. The number of anilines is 1. The Morgan fingerprint density at radius 2 is 1.90 bits per heavy atom. The average Bonchev–Trinajstić information content (AvgIpc) is 3.19. The van der Waals surface area contributed by atoms with E-state index in [0.717, 1.165) is 59.5 Å². The molecule has 0 N–H and O–H groups in total. The molecule has 5 nitrogen and oxygen atoms in total. The summed E-state index contributed by atoms with van der Waals surface area (Å²) < 4.78 is 6.58. The first-order valence-corrected chi connectivity index (χ1v) is 12.6. The molecule has 2 aromatic carbocycles. The highest BCUT2D eigenvalue weighted by molar-refractivity contribution is 8.00. The van der Waals surface area contributed by atoms with E-state index in [-0.39, 0.29) is 5.91 Å². The fraction of sp³-hybridized carbons (Fsp3) is 0.417. The molecule has 164 valence electrons. The largest absolute Gasteiger partial charge is 0.379 e. The van der Waals surface area contributed by atoms with E-state index in [0.29, 0.717) is 12.3 Å². The second-order valence-corrected chi connectivity index (χ2v) is 9.91. The molecule has 7 heteroatoms. The summed E-state index contributed by atoms with van der Waals surface area (Å²) in [6.45, 7) is 9.42. The topological polar surface area (TPSA) is 45.7 Å². The number of carbonyl (C=O) groups excluding carboxylic acids is 1. The van der Waals surface area contributed by atoms with Crippen LogP contribution in [0.25, 0.3) is 10.2 Å². The van der Waals surface area contributed by atoms with Gasteiger partial charge in [-0.15, -0.1) is 11.8 Å². The highest BCUT2D eigenvalue weighted by atomic mass is 32.2. The van der Waals surface area contributed by atoms with E-state index in [4.69, 9.17) is 9.72 Å². The van der Waals surface area contributed by atoms with Crippen LogP contribution in [0.15, 0.2) is 47.4 Å². The molecule has 0 unspecified atom stereocenters. The van der Waals surface area contributed by atoms with Crippen molar-refractivity contribution in [1.82, 2.24) is 9.88 Å². The molecule has 3 aromatic rings. The number of aryl methyl sites for hydroxylation is 2. The van der Waals surface area contributed by atoms with Crippen molar-refractivity contribution in [1.29, 1.82) is 0 Å². The molecule has 1 aromatic heterocycles. The van der Waals surface area contributed by atoms with Gasteiger partial charge in [-0.05, 0) is 55.7 Å². The number of thiazole rings is 1. The van der Waals surface area contributed by atoms with Crippen LogP contribution in [-0.4, -0.2) is 60.9 Å². The number of fused-ring (bicyclic) bond motifs is 1. The lowest BCUT2D eigenvalue weighted by Crippen LogP contribution is -2.39. The van der Waals surface area contributed by atoms with Crippen molar-refractivity contribution >= 4 is 44.4 Å². The molecular weight excluding hydrogens is 426 g/mol. The molecular formula is C24H29N3O2S2. The SMILES string of the molecule is Cc1cc2nc(N(CCCN3CCOCC3)C(=O)CSc3ccccc3)sc2cc1C. The first-order valence-electron chi connectivity index (χ1n) is 10.8. The maximum atomic E-state index is 13.2. The number of benzene rings is 2. The number of amides is 1. The zero-order valence-corrected chi connectivity index (χ0v) is 19.8. The number of thioether (sulfide) groups is 1. The molecule has 0 saturated carbocycles. The van der Waals surface area contributed by atoms with E-state index in [9.17, 15) is 4.79 Å². The number of ether oxygens (including phenoxy) is 1. The van der Waals surface area contributed by atoms with Crippen LogP contribution in [0.2, 0.25) is 0 Å². The van der Waals surface area contributed by atoms with Gasteiger partial charge in [0, 0.05) is 31.1 Å². The van der Waals surface area contributed by atoms with Crippen LogP contribution in [0.4, 0.5) is 5.13 Å². The summed E-state index contributed by atoms with van der Waals surface area (Å²) in [5, 5.41) is 0.806. The Hall–Kier alpha value is -1.93. The number of rotatable bonds is 8. The molecule has 1 fully saturated rings. The van der Waals surface area contributed by atoms with E-state index in [1.54, 1.807) is 23.1 Å². The number of hydrogen-bond acceptors (Lipinski definition) is 6. The minimum atomic E-state index is 0.114. The third kappa shape index (κ3) is 5.86. The lowest BCUT2D eigenvalue weighted by Gasteiger charge is -2.27. The summed E-state index contributed by atoms with van der Waals surface area (Å²) in [6, 6.07) is 14.4. The molecule has 4 rings (SSSR count). The van der Waals surface area contributed by atoms with Crippen LogP contribution >= 0.6 is 23.1 Å². The molecule has 0 radical (unpaired) electrons. The molecule has 1 aliphatic rings. The van der Waals surface area contributed by atoms with Crippen LogP contribution in [0, 0.1) is 13.8 Å². The molecule has 0 spiro atoms. The van der Waals surface area contributed by atoms with Crippen molar-refractivity contribution in [3.8, 4) is 0 Å². The van der Waals surface area contributed by atoms with E-state index in [2.05, 4.69) is 30.9 Å². The van der Waals surface area contributed by atoms with Gasteiger partial charge in [0.05, 0.1) is 29.2 Å². The summed E-state index contributed by atoms with van der Waals surface area (Å²) in [7, 11) is 0. The van der Waals surface area contributed by atoms with Crippen molar-refractivity contribution in [3.63, 3.8) is 0 Å². The predicted octanol–water partition coefficient (Wildman–Crippen LogP) is 4.76. The van der Waals surface area contributed by atoms with E-state index < -0.39 is 0 Å². The van der Waals surface area contributed by atoms with Crippen molar-refractivity contribution in [2.45, 2.75) is 25.2 Å². The summed E-state index contributed by atoms with van der Waals surface area (Å²) in [4.78, 5) is 23.5. The second-order valence-electron chi connectivity index (χ2n) is 7.86. The second kappa shape index (κ2) is 10.6. The van der Waals surface area contributed by atoms with Crippen LogP contribution in [0.5, 0.6) is 0 Å². The van der Waals surface area contributed by atoms with Crippen molar-refractivity contribution in [2.24, 2.45) is 0 Å². The van der Waals surface area contributed by atoms with Gasteiger partial charge in [-0.1, -0.05) is 29.5 Å². The lowest BCUT2D eigenvalue weighted by molar-refractivity contribution is -0.116. The Kier molecular flexibility index (Phi) is 7.61. The number of nitrogens with zero attached hydrogens (tertiary/aromatic N) is 3. The zero-order valence-electron chi connectivity index (χ0n) is 18.2. The predicted molar refractivity (Wildman–Crippen MR) is 130 cm³/mol. The van der Waals surface area contributed by atoms with Crippen LogP contribution in [0.1, 0.15) is 17.5 Å². The summed E-state index contributed by atoms with van der Waals surface area (Å²) >= 11 is 3.20. The van der Waals surface area contributed by atoms with Gasteiger partial charge in [0.15, 0.2) is 5.13 Å². The van der Waals surface area contributed by atoms with Gasteiger partial charge in [0.1, 0.15) is 0 Å². The smallest absolute Gasteiger partial charge is 0.239 e. The maximum absolute atomic E-state index is 13.2. The first-order chi connectivity index (χ1) is 15.1. The molecule has 1 saturated heterocycles. The van der Waals surface area contributed by atoms with Crippen molar-refractivity contribution < 1.29 is 9.53 Å². The van der Waals surface area contributed by atoms with Gasteiger partial charge in [-0.25, -0.2) is 4.98 Å². The summed E-state index contributed by atoms with van der Waals surface area (Å²) in [5.74, 6) is 0.526. The lowest BCUT2D eigenvalue weighted by atomic mass is 10.1. The fourth-order valence-corrected chi connectivity index (χ4v) is 5.51. The number of aromatic nitrogens is 1. The van der Waals surface area contributed by atoms with Gasteiger partial charge >= 0.3 is 0 Å². The van der Waals surface area contributed by atoms with Gasteiger partial charge in [-0.2, -0.15) is 0 Å². The molecule has 31 heavy (non-hydrogen) atoms. The maximum Gasteiger partial charge on any atom is 0.239 e. The van der Waals surface area contributed by atoms with E-state index >= 15 is 0 Å². The van der Waals surface area contributed by atoms with Gasteiger partial charge in [-0.3, -0.25) is 14.6 Å². The molecule has 0 bridgehead atoms. The average molecular weight is 456 g/mol. The Morgan fingerprint density at radius 1 is 1.16 bits per heavy atom. The minimum Gasteiger partial charge on any atom is -0.379 e. The summed E-state index contributed by atoms with van der Waals surface area (Å²) in [6.07, 6.45) is 0.926. The van der Waals surface area contributed by atoms with Gasteiger partial charge in [0.2, 0.25) is 5.91 Å². The highest BCUT2D eigenvalue weighted by Gasteiger charge is 2.21. The summed E-state index contributed by atoms with van der Waals surface area (Å²) in [5.41, 5.74) is 3.46. The van der Waals surface area contributed by atoms with Gasteiger partial charge < -0.3 is 4.74 Å². The Balaban J connectivity index is 1.49. The standard InChI is InChI=1S/C24H29N3O2S2/c1-18-15-21-22(16-19(18)2)31-24(25-21)27(10-6-9-26-11-13-29-14-12-26)23(28)17-30-20-7-4-3-5-8-20/h3-5,7-8,15-16H,6,9-14,17H2,1-2H3. The number of hydrogen-bond donors (Lipinski definition) is 0. The fourth-order valence-electron chi connectivity index (χ4n) is 3.63. The molecule has 0 aliphatic carbocycles. The Morgan fingerprint density at radius 3 is 2.68 bits per heavy atom. The molecule has 2 heterocycles. The zero-order chi connectivity index (χ0) is 21.6. The molecule has 1 aliphatic heterocycles. The Bertz CT molecular complexity index is 977. The Labute approximate surface area is 192 Å². The molecule has 1 amide bonds. The van der Waals surface area contributed by atoms with Gasteiger partial charge in [0.25, 0.3) is 0 Å². The monoisotopic (exact) mass is 455 g/mol. The normalized spacial score (nSPS) is 14.8. The number of carbonyl (C=O) groups is 1. The minimum absolute atomic E-state index is 0.114. The van der Waals surface area contributed by atoms with E-state index in [1.807, 2.05) is 35.2 Å². The van der Waals surface area contributed by atoms with Crippen molar-refractivity contribution in [2.75, 3.05) is 50.0 Å². The third-order valence-electron chi connectivity index (χ3n) is 5.59. The van der Waals surface area contributed by atoms with Crippen molar-refractivity contribution in [3.05, 3.63) is 53.6 Å². The third-order valence-corrected chi connectivity index (χ3v) is 7.63. The van der Waals surface area contributed by atoms with Crippen LogP contribution in [0.3, 0.4) is 0 Å². The van der Waals surface area contributed by atoms with Crippen LogP contribution < -0.4 is 4.90 Å². The first kappa shape index (κ1) is 22.3. The van der Waals surface area contributed by atoms with E-state index in [1.165, 1.54) is 11.1 Å². The molecule has 0 atom stereocenters. The van der Waals surface area contributed by atoms with Crippen LogP contribution in [-0.2, 0) is 9.53 Å². The quantitative estimate of drug-likeness (QED) is 0.458. The number of morpholine rings is 1.